The zero-order valence-corrected chi connectivity index (χ0v) is 10.7. The Balaban J connectivity index is 2.45. The number of aromatic nitrogens is 1. The third kappa shape index (κ3) is 5.80. The van der Waals surface area contributed by atoms with E-state index in [0.29, 0.717) is 11.3 Å². The highest BCUT2D eigenvalue weighted by atomic mass is 16.4. The van der Waals surface area contributed by atoms with Crippen LogP contribution in [0.3, 0.4) is 0 Å². The van der Waals surface area contributed by atoms with Crippen molar-refractivity contribution >= 4 is 18.0 Å². The second-order valence-electron chi connectivity index (χ2n) is 3.95. The van der Waals surface area contributed by atoms with Crippen molar-refractivity contribution in [3.63, 3.8) is 0 Å². The fourth-order valence-corrected chi connectivity index (χ4v) is 1.48. The van der Waals surface area contributed by atoms with Crippen LogP contribution in [0, 0.1) is 0 Å². The predicted octanol–water partition coefficient (Wildman–Crippen LogP) is -0.195. The fraction of sp³-hybridized carbons (Fsp3) is 0.333. The maximum absolute atomic E-state index is 11.7. The Morgan fingerprint density at radius 2 is 1.80 bits per heavy atom. The van der Waals surface area contributed by atoms with Gasteiger partial charge in [-0.3, -0.25) is 14.6 Å². The molecule has 2 amide bonds. The molecule has 3 N–H and O–H groups in total. The molecule has 8 heteroatoms. The van der Waals surface area contributed by atoms with Gasteiger partial charge in [-0.25, -0.2) is 4.79 Å². The molecular weight excluding hydrogens is 266 g/mol. The number of urea groups is 1. The Morgan fingerprint density at radius 1 is 1.15 bits per heavy atom. The van der Waals surface area contributed by atoms with E-state index in [1.165, 1.54) is 0 Å². The number of carbonyl (C=O) groups excluding carboxylic acids is 1. The van der Waals surface area contributed by atoms with E-state index in [2.05, 4.69) is 10.3 Å². The maximum atomic E-state index is 11.7. The Hall–Kier alpha value is -2.64. The Bertz CT molecular complexity index is 461. The lowest BCUT2D eigenvalue weighted by Gasteiger charge is -2.18. The molecule has 108 valence electrons. The first-order valence-electron chi connectivity index (χ1n) is 5.85. The van der Waals surface area contributed by atoms with Crippen LogP contribution in [0.1, 0.15) is 5.69 Å². The summed E-state index contributed by atoms with van der Waals surface area (Å²) in [7, 11) is 0. The minimum absolute atomic E-state index is 0.242. The zero-order chi connectivity index (χ0) is 15.0. The molecule has 8 nitrogen and oxygen atoms in total. The summed E-state index contributed by atoms with van der Waals surface area (Å²) in [6, 6.07) is 4.64. The van der Waals surface area contributed by atoms with Gasteiger partial charge in [0.2, 0.25) is 0 Å². The van der Waals surface area contributed by atoms with Crippen molar-refractivity contribution in [1.29, 1.82) is 0 Å². The van der Waals surface area contributed by atoms with Crippen molar-refractivity contribution in [2.45, 2.75) is 6.42 Å². The van der Waals surface area contributed by atoms with Gasteiger partial charge >= 0.3 is 18.0 Å². The molecule has 0 aliphatic heterocycles. The molecule has 0 aliphatic rings. The molecule has 1 aromatic heterocycles. The van der Waals surface area contributed by atoms with Crippen LogP contribution in [0.4, 0.5) is 4.79 Å². The van der Waals surface area contributed by atoms with Crippen molar-refractivity contribution in [1.82, 2.24) is 15.2 Å². The number of nitrogens with zero attached hydrogens (tertiary/aromatic N) is 2. The second kappa shape index (κ2) is 7.72. The molecule has 20 heavy (non-hydrogen) atoms. The first kappa shape index (κ1) is 15.4. The number of hydrogen-bond donors (Lipinski definition) is 3. The van der Waals surface area contributed by atoms with Gasteiger partial charge in [0.1, 0.15) is 13.1 Å². The number of nitrogens with one attached hydrogen (secondary N) is 1. The van der Waals surface area contributed by atoms with Gasteiger partial charge in [-0.05, 0) is 12.1 Å². The summed E-state index contributed by atoms with van der Waals surface area (Å²) < 4.78 is 0. The highest BCUT2D eigenvalue weighted by Crippen LogP contribution is 1.95. The highest BCUT2D eigenvalue weighted by molar-refractivity contribution is 5.84. The minimum atomic E-state index is -1.27. The van der Waals surface area contributed by atoms with Crippen LogP contribution in [-0.4, -0.2) is 57.7 Å². The normalized spacial score (nSPS) is 9.80. The summed E-state index contributed by atoms with van der Waals surface area (Å²) in [5.74, 6) is -2.54. The van der Waals surface area contributed by atoms with E-state index in [4.69, 9.17) is 10.2 Å². The van der Waals surface area contributed by atoms with E-state index in [1.54, 1.807) is 18.3 Å². The largest absolute Gasteiger partial charge is 0.480 e. The van der Waals surface area contributed by atoms with Gasteiger partial charge in [0.25, 0.3) is 0 Å². The minimum Gasteiger partial charge on any atom is -0.480 e. The van der Waals surface area contributed by atoms with Crippen LogP contribution in [0.2, 0.25) is 0 Å². The number of aliphatic carboxylic acids is 2. The molecule has 0 aliphatic carbocycles. The van der Waals surface area contributed by atoms with Crippen LogP contribution >= 0.6 is 0 Å². The molecule has 1 aromatic rings. The highest BCUT2D eigenvalue weighted by Gasteiger charge is 2.19. The maximum Gasteiger partial charge on any atom is 0.323 e. The van der Waals surface area contributed by atoms with Crippen LogP contribution in [0.25, 0.3) is 0 Å². The molecule has 1 heterocycles. The Labute approximate surface area is 115 Å². The van der Waals surface area contributed by atoms with Gasteiger partial charge in [0.15, 0.2) is 0 Å². The zero-order valence-electron chi connectivity index (χ0n) is 10.7. The van der Waals surface area contributed by atoms with Gasteiger partial charge in [-0.15, -0.1) is 0 Å². The van der Waals surface area contributed by atoms with E-state index in [1.807, 2.05) is 6.07 Å². The first-order valence-corrected chi connectivity index (χ1v) is 5.85. The van der Waals surface area contributed by atoms with E-state index in [-0.39, 0.29) is 6.54 Å². The fourth-order valence-electron chi connectivity index (χ4n) is 1.48. The van der Waals surface area contributed by atoms with E-state index < -0.39 is 31.1 Å². The van der Waals surface area contributed by atoms with Crippen molar-refractivity contribution in [3.05, 3.63) is 30.1 Å². The number of hydrogen-bond acceptors (Lipinski definition) is 4. The topological polar surface area (TPSA) is 120 Å². The SMILES string of the molecule is O=C(O)CN(CC(=O)O)C(=O)NCCc1ccccn1. The van der Waals surface area contributed by atoms with Crippen LogP contribution in [-0.2, 0) is 16.0 Å². The van der Waals surface area contributed by atoms with E-state index in [0.717, 1.165) is 5.69 Å². The number of rotatable bonds is 7. The number of amides is 2. The smallest absolute Gasteiger partial charge is 0.323 e. The first-order chi connectivity index (χ1) is 9.49. The molecular formula is C12H15N3O5. The molecule has 0 fully saturated rings. The van der Waals surface area contributed by atoms with Gasteiger partial charge in [0.05, 0.1) is 0 Å². The lowest BCUT2D eigenvalue weighted by molar-refractivity contribution is -0.140. The van der Waals surface area contributed by atoms with Gasteiger partial charge in [-0.1, -0.05) is 6.07 Å². The van der Waals surface area contributed by atoms with E-state index in [9.17, 15) is 14.4 Å². The molecule has 0 radical (unpaired) electrons. The molecule has 0 bridgehead atoms. The van der Waals surface area contributed by atoms with Crippen molar-refractivity contribution in [3.8, 4) is 0 Å². The number of pyridine rings is 1. The summed E-state index contributed by atoms with van der Waals surface area (Å²) in [5, 5.41) is 19.7. The molecule has 0 unspecified atom stereocenters. The monoisotopic (exact) mass is 281 g/mol. The molecule has 0 atom stereocenters. The standard InChI is InChI=1S/C12H15N3O5/c16-10(17)7-15(8-11(18)19)12(20)14-6-4-9-3-1-2-5-13-9/h1-3,5H,4,6-8H2,(H,14,20)(H,16,17)(H,18,19). The lowest BCUT2D eigenvalue weighted by Crippen LogP contribution is -2.45. The Kier molecular flexibility index (Phi) is 5.95. The van der Waals surface area contributed by atoms with Crippen molar-refractivity contribution in [2.75, 3.05) is 19.6 Å². The predicted molar refractivity (Wildman–Crippen MR) is 68.2 cm³/mol. The molecule has 0 aromatic carbocycles. The average Bonchev–Trinajstić information content (AvgIpc) is 2.38. The van der Waals surface area contributed by atoms with Crippen molar-refractivity contribution in [2.24, 2.45) is 0 Å². The summed E-state index contributed by atoms with van der Waals surface area (Å²) in [4.78, 5) is 37.6. The average molecular weight is 281 g/mol. The Morgan fingerprint density at radius 3 is 2.30 bits per heavy atom. The van der Waals surface area contributed by atoms with Gasteiger partial charge in [-0.2, -0.15) is 0 Å². The van der Waals surface area contributed by atoms with Crippen LogP contribution in [0.5, 0.6) is 0 Å². The lowest BCUT2D eigenvalue weighted by atomic mass is 10.3. The van der Waals surface area contributed by atoms with Gasteiger partial charge in [0, 0.05) is 24.9 Å². The van der Waals surface area contributed by atoms with E-state index >= 15 is 0 Å². The quantitative estimate of drug-likeness (QED) is 0.637. The van der Waals surface area contributed by atoms with Crippen LogP contribution < -0.4 is 5.32 Å². The summed E-state index contributed by atoms with van der Waals surface area (Å²) in [5.41, 5.74) is 0.774. The van der Waals surface area contributed by atoms with Crippen LogP contribution in [0.15, 0.2) is 24.4 Å². The summed E-state index contributed by atoms with van der Waals surface area (Å²) in [6.45, 7) is -1.09. The number of carboxylic acids is 2. The molecule has 0 saturated heterocycles. The molecule has 0 spiro atoms. The second-order valence-corrected chi connectivity index (χ2v) is 3.95. The molecule has 0 saturated carbocycles. The molecule has 1 rings (SSSR count). The third-order valence-corrected chi connectivity index (χ3v) is 2.32. The number of carbonyl (C=O) groups is 3. The van der Waals surface area contributed by atoms with Crippen molar-refractivity contribution < 1.29 is 24.6 Å². The number of carboxylic acid groups (broad SMARTS) is 2. The summed E-state index contributed by atoms with van der Waals surface area (Å²) in [6.07, 6.45) is 2.10. The third-order valence-electron chi connectivity index (χ3n) is 2.32. The summed E-state index contributed by atoms with van der Waals surface area (Å²) >= 11 is 0. The van der Waals surface area contributed by atoms with Gasteiger partial charge < -0.3 is 20.4 Å².